The molecule has 0 aromatic heterocycles. The Bertz CT molecular complexity index is 501. The molecule has 1 aromatic rings. The minimum absolute atomic E-state index is 0.0133. The number of carbonyl (C=O) groups excluding carboxylic acids is 1. The highest BCUT2D eigenvalue weighted by atomic mass is 19.4. The second kappa shape index (κ2) is 5.50. The summed E-state index contributed by atoms with van der Waals surface area (Å²) in [4.78, 5) is 12.0. The second-order valence-electron chi connectivity index (χ2n) is 5.08. The number of hydrogen-bond donors (Lipinski definition) is 0. The Morgan fingerprint density at radius 1 is 1.00 bits per heavy atom. The lowest BCUT2D eigenvalue weighted by molar-refractivity contribution is -0.183. The number of carbonyl (C=O) groups is 1. The zero-order valence-electron chi connectivity index (χ0n) is 10.5. The summed E-state index contributed by atoms with van der Waals surface area (Å²) in [6.07, 6.45) is -4.16. The number of Topliss-reactive ketones (excluding diaryl/α,β-unsaturated/α-hetero) is 1. The number of halogens is 5. The lowest BCUT2D eigenvalue weighted by Crippen LogP contribution is -2.30. The highest BCUT2D eigenvalue weighted by Crippen LogP contribution is 2.40. The minimum Gasteiger partial charge on any atom is -0.294 e. The summed E-state index contributed by atoms with van der Waals surface area (Å²) in [5.74, 6) is -4.50. The van der Waals surface area contributed by atoms with E-state index in [1.807, 2.05) is 0 Å². The van der Waals surface area contributed by atoms with Crippen LogP contribution >= 0.6 is 0 Å². The molecule has 0 saturated heterocycles. The SMILES string of the molecule is O=C(c1ccc(F)c(F)c1)C1CCC(C(F)(F)F)CC1. The fourth-order valence-electron chi connectivity index (χ4n) is 2.57. The molecule has 1 fully saturated rings. The highest BCUT2D eigenvalue weighted by molar-refractivity contribution is 5.97. The van der Waals surface area contributed by atoms with Crippen LogP contribution in [0.5, 0.6) is 0 Å². The fourth-order valence-corrected chi connectivity index (χ4v) is 2.57. The third kappa shape index (κ3) is 3.16. The molecule has 1 aliphatic carbocycles. The van der Waals surface area contributed by atoms with Crippen molar-refractivity contribution in [3.8, 4) is 0 Å². The van der Waals surface area contributed by atoms with E-state index in [9.17, 15) is 26.7 Å². The molecule has 20 heavy (non-hydrogen) atoms. The van der Waals surface area contributed by atoms with Gasteiger partial charge in [0.2, 0.25) is 0 Å². The molecular weight excluding hydrogens is 279 g/mol. The smallest absolute Gasteiger partial charge is 0.294 e. The minimum atomic E-state index is -4.23. The largest absolute Gasteiger partial charge is 0.391 e. The molecule has 0 amide bonds. The molecular formula is C14H13F5O. The van der Waals surface area contributed by atoms with Crippen LogP contribution in [0.1, 0.15) is 36.0 Å². The van der Waals surface area contributed by atoms with Crippen molar-refractivity contribution in [3.05, 3.63) is 35.4 Å². The van der Waals surface area contributed by atoms with Gasteiger partial charge in [0.15, 0.2) is 17.4 Å². The fraction of sp³-hybridized carbons (Fsp3) is 0.500. The molecule has 0 spiro atoms. The molecule has 0 atom stereocenters. The first kappa shape index (κ1) is 14.9. The third-order valence-corrected chi connectivity index (χ3v) is 3.76. The molecule has 0 bridgehead atoms. The van der Waals surface area contributed by atoms with Crippen LogP contribution in [0.15, 0.2) is 18.2 Å². The number of ketones is 1. The summed E-state index contributed by atoms with van der Waals surface area (Å²) in [6, 6.07) is 2.81. The van der Waals surface area contributed by atoms with E-state index < -0.39 is 35.4 Å². The molecule has 1 aromatic carbocycles. The molecule has 1 aliphatic rings. The van der Waals surface area contributed by atoms with Crippen LogP contribution in [0.3, 0.4) is 0 Å². The van der Waals surface area contributed by atoms with Crippen molar-refractivity contribution in [2.75, 3.05) is 0 Å². The maximum Gasteiger partial charge on any atom is 0.391 e. The molecule has 0 heterocycles. The summed E-state index contributed by atoms with van der Waals surface area (Å²) in [6.45, 7) is 0. The second-order valence-corrected chi connectivity index (χ2v) is 5.08. The van der Waals surface area contributed by atoms with Crippen LogP contribution in [0.2, 0.25) is 0 Å². The van der Waals surface area contributed by atoms with Gasteiger partial charge in [0.05, 0.1) is 5.92 Å². The first-order valence-electron chi connectivity index (χ1n) is 6.35. The van der Waals surface area contributed by atoms with Crippen molar-refractivity contribution >= 4 is 5.78 Å². The Labute approximate surface area is 112 Å². The first-order chi connectivity index (χ1) is 9.29. The van der Waals surface area contributed by atoms with Gasteiger partial charge in [0, 0.05) is 11.5 Å². The molecule has 1 saturated carbocycles. The third-order valence-electron chi connectivity index (χ3n) is 3.76. The van der Waals surface area contributed by atoms with Crippen molar-refractivity contribution in [3.63, 3.8) is 0 Å². The predicted molar refractivity (Wildman–Crippen MR) is 62.2 cm³/mol. The van der Waals surface area contributed by atoms with Gasteiger partial charge in [0.1, 0.15) is 0 Å². The van der Waals surface area contributed by atoms with Crippen LogP contribution in [0.25, 0.3) is 0 Å². The lowest BCUT2D eigenvalue weighted by atomic mass is 9.78. The number of rotatable bonds is 2. The molecule has 0 unspecified atom stereocenters. The molecule has 6 heteroatoms. The lowest BCUT2D eigenvalue weighted by Gasteiger charge is -2.29. The van der Waals surface area contributed by atoms with Gasteiger partial charge in [0.25, 0.3) is 0 Å². The van der Waals surface area contributed by atoms with E-state index >= 15 is 0 Å². The highest BCUT2D eigenvalue weighted by Gasteiger charge is 2.42. The predicted octanol–water partition coefficient (Wildman–Crippen LogP) is 4.52. The van der Waals surface area contributed by atoms with Crippen molar-refractivity contribution in [2.45, 2.75) is 31.9 Å². The van der Waals surface area contributed by atoms with Crippen molar-refractivity contribution in [2.24, 2.45) is 11.8 Å². The van der Waals surface area contributed by atoms with Gasteiger partial charge in [-0.1, -0.05) is 0 Å². The Hall–Kier alpha value is -1.46. The number of benzene rings is 1. The standard InChI is InChI=1S/C14H13F5O/c15-11-6-3-9(7-12(11)16)13(20)8-1-4-10(5-2-8)14(17,18)19/h3,6-8,10H,1-2,4-5H2. The van der Waals surface area contributed by atoms with Crippen LogP contribution in [0.4, 0.5) is 22.0 Å². The zero-order valence-corrected chi connectivity index (χ0v) is 10.5. The maximum absolute atomic E-state index is 13.0. The topological polar surface area (TPSA) is 17.1 Å². The van der Waals surface area contributed by atoms with E-state index in [4.69, 9.17) is 0 Å². The van der Waals surface area contributed by atoms with Crippen LogP contribution in [-0.2, 0) is 0 Å². The van der Waals surface area contributed by atoms with E-state index in [0.717, 1.165) is 18.2 Å². The molecule has 0 radical (unpaired) electrons. The van der Waals surface area contributed by atoms with Gasteiger partial charge in [-0.05, 0) is 43.9 Å². The van der Waals surface area contributed by atoms with Gasteiger partial charge >= 0.3 is 6.18 Å². The molecule has 0 aliphatic heterocycles. The molecule has 110 valence electrons. The zero-order chi connectivity index (χ0) is 14.9. The maximum atomic E-state index is 13.0. The van der Waals surface area contributed by atoms with E-state index in [-0.39, 0.29) is 31.2 Å². The van der Waals surface area contributed by atoms with Gasteiger partial charge in [-0.25, -0.2) is 8.78 Å². The van der Waals surface area contributed by atoms with Crippen LogP contribution in [-0.4, -0.2) is 12.0 Å². The van der Waals surface area contributed by atoms with E-state index in [1.54, 1.807) is 0 Å². The Kier molecular flexibility index (Phi) is 4.11. The van der Waals surface area contributed by atoms with Crippen molar-refractivity contribution in [1.29, 1.82) is 0 Å². The first-order valence-corrected chi connectivity index (χ1v) is 6.35. The monoisotopic (exact) mass is 292 g/mol. The van der Waals surface area contributed by atoms with Crippen molar-refractivity contribution < 1.29 is 26.7 Å². The van der Waals surface area contributed by atoms with Gasteiger partial charge in [-0.15, -0.1) is 0 Å². The summed E-state index contributed by atoms with van der Waals surface area (Å²) in [7, 11) is 0. The summed E-state index contributed by atoms with van der Waals surface area (Å²) >= 11 is 0. The Morgan fingerprint density at radius 3 is 2.10 bits per heavy atom. The quantitative estimate of drug-likeness (QED) is 0.578. The van der Waals surface area contributed by atoms with E-state index in [1.165, 1.54) is 0 Å². The Morgan fingerprint density at radius 2 is 1.60 bits per heavy atom. The molecule has 0 N–H and O–H groups in total. The summed E-state index contributed by atoms with van der Waals surface area (Å²) in [5.41, 5.74) is 0.0133. The molecule has 1 nitrogen and oxygen atoms in total. The Balaban J connectivity index is 2.03. The van der Waals surface area contributed by atoms with Gasteiger partial charge < -0.3 is 0 Å². The average Bonchev–Trinajstić information content (AvgIpc) is 2.40. The van der Waals surface area contributed by atoms with Crippen LogP contribution in [0, 0.1) is 23.5 Å². The number of alkyl halides is 3. The van der Waals surface area contributed by atoms with Gasteiger partial charge in [-0.2, -0.15) is 13.2 Å². The van der Waals surface area contributed by atoms with Gasteiger partial charge in [-0.3, -0.25) is 4.79 Å². The van der Waals surface area contributed by atoms with Crippen LogP contribution < -0.4 is 0 Å². The average molecular weight is 292 g/mol. The van der Waals surface area contributed by atoms with Crippen molar-refractivity contribution in [1.82, 2.24) is 0 Å². The molecule has 2 rings (SSSR count). The summed E-state index contributed by atoms with van der Waals surface area (Å²) < 4.78 is 63.4. The van der Waals surface area contributed by atoms with E-state index in [0.29, 0.717) is 0 Å². The van der Waals surface area contributed by atoms with E-state index in [2.05, 4.69) is 0 Å². The summed E-state index contributed by atoms with van der Waals surface area (Å²) in [5, 5.41) is 0. The normalized spacial score (nSPS) is 23.6. The number of hydrogen-bond acceptors (Lipinski definition) is 1.